The highest BCUT2D eigenvalue weighted by molar-refractivity contribution is 5.90. The monoisotopic (exact) mass is 407 g/mol. The summed E-state index contributed by atoms with van der Waals surface area (Å²) in [4.78, 5) is 38.8. The van der Waals surface area contributed by atoms with Crippen molar-refractivity contribution in [3.63, 3.8) is 0 Å². The van der Waals surface area contributed by atoms with Crippen molar-refractivity contribution in [2.75, 3.05) is 5.32 Å². The molecule has 4 aliphatic rings. The standard InChI is InChI=1S/C24H29N3O3/c1-15-14-25-23(30)27(22(15)29)7-6-21(28)26-20-4-2-19(3-5-20)24-11-16-8-17(12-24)10-18(9-16)13-24/h2-5,14,16-18H,6-13H2,1H3,(H,25,30)(H,26,28). The average molecular weight is 408 g/mol. The lowest BCUT2D eigenvalue weighted by molar-refractivity contribution is -0.116. The van der Waals surface area contributed by atoms with Crippen LogP contribution >= 0.6 is 0 Å². The molecule has 2 N–H and O–H groups in total. The summed E-state index contributed by atoms with van der Waals surface area (Å²) >= 11 is 0. The Kier molecular flexibility index (Phi) is 4.68. The first-order valence-electron chi connectivity index (χ1n) is 11.1. The summed E-state index contributed by atoms with van der Waals surface area (Å²) in [5.41, 5.74) is 2.15. The van der Waals surface area contributed by atoms with E-state index in [0.29, 0.717) is 11.0 Å². The van der Waals surface area contributed by atoms with Crippen LogP contribution in [0.3, 0.4) is 0 Å². The van der Waals surface area contributed by atoms with E-state index in [4.69, 9.17) is 0 Å². The second-order valence-electron chi connectivity index (χ2n) is 9.81. The number of anilines is 1. The minimum Gasteiger partial charge on any atom is -0.326 e. The van der Waals surface area contributed by atoms with Crippen LogP contribution in [0, 0.1) is 24.7 Å². The SMILES string of the molecule is Cc1c[nH]c(=O)n(CCC(=O)Nc2ccc(C34CC5CC(CC(C5)C3)C4)cc2)c1=O. The van der Waals surface area contributed by atoms with Gasteiger partial charge in [-0.2, -0.15) is 0 Å². The van der Waals surface area contributed by atoms with Gasteiger partial charge in [-0.25, -0.2) is 4.79 Å². The molecule has 6 rings (SSSR count). The molecule has 6 nitrogen and oxygen atoms in total. The Balaban J connectivity index is 1.24. The van der Waals surface area contributed by atoms with Gasteiger partial charge in [0.05, 0.1) is 0 Å². The zero-order chi connectivity index (χ0) is 20.9. The van der Waals surface area contributed by atoms with E-state index in [0.717, 1.165) is 28.0 Å². The van der Waals surface area contributed by atoms with E-state index in [9.17, 15) is 14.4 Å². The largest absolute Gasteiger partial charge is 0.328 e. The van der Waals surface area contributed by atoms with Crippen LogP contribution < -0.4 is 16.6 Å². The van der Waals surface area contributed by atoms with Gasteiger partial charge in [0.15, 0.2) is 0 Å². The number of aromatic nitrogens is 2. The van der Waals surface area contributed by atoms with Crippen molar-refractivity contribution in [3.8, 4) is 0 Å². The maximum Gasteiger partial charge on any atom is 0.328 e. The second-order valence-corrected chi connectivity index (χ2v) is 9.81. The number of benzene rings is 1. The number of aromatic amines is 1. The Hall–Kier alpha value is -2.63. The fraction of sp³-hybridized carbons (Fsp3) is 0.542. The Morgan fingerprint density at radius 1 is 1.07 bits per heavy atom. The normalized spacial score (nSPS) is 29.2. The topological polar surface area (TPSA) is 84.0 Å². The first-order valence-corrected chi connectivity index (χ1v) is 11.1. The van der Waals surface area contributed by atoms with Gasteiger partial charge in [0.1, 0.15) is 0 Å². The smallest absolute Gasteiger partial charge is 0.326 e. The number of carbonyl (C=O) groups excluding carboxylic acids is 1. The highest BCUT2D eigenvalue weighted by atomic mass is 16.2. The van der Waals surface area contributed by atoms with Crippen LogP contribution in [0.2, 0.25) is 0 Å². The molecule has 4 bridgehead atoms. The molecule has 4 fully saturated rings. The quantitative estimate of drug-likeness (QED) is 0.797. The molecule has 6 heteroatoms. The summed E-state index contributed by atoms with van der Waals surface area (Å²) in [6, 6.07) is 8.38. The predicted octanol–water partition coefficient (Wildman–Crippen LogP) is 3.34. The zero-order valence-corrected chi connectivity index (χ0v) is 17.4. The third-order valence-electron chi connectivity index (χ3n) is 7.62. The lowest BCUT2D eigenvalue weighted by Crippen LogP contribution is -2.48. The number of nitrogens with zero attached hydrogens (tertiary/aromatic N) is 1. The van der Waals surface area contributed by atoms with Crippen LogP contribution in [0.15, 0.2) is 40.1 Å². The molecular weight excluding hydrogens is 378 g/mol. The maximum absolute atomic E-state index is 12.4. The van der Waals surface area contributed by atoms with Gasteiger partial charge in [-0.1, -0.05) is 12.1 Å². The zero-order valence-electron chi connectivity index (χ0n) is 17.4. The van der Waals surface area contributed by atoms with E-state index in [-0.39, 0.29) is 24.4 Å². The van der Waals surface area contributed by atoms with Gasteiger partial charge in [0.2, 0.25) is 5.91 Å². The van der Waals surface area contributed by atoms with Crippen LogP contribution in [-0.4, -0.2) is 15.5 Å². The number of carbonyl (C=O) groups is 1. The van der Waals surface area contributed by atoms with Gasteiger partial charge in [0, 0.05) is 30.4 Å². The molecular formula is C24H29N3O3. The summed E-state index contributed by atoms with van der Waals surface area (Å²) in [7, 11) is 0. The maximum atomic E-state index is 12.4. The van der Waals surface area contributed by atoms with Gasteiger partial charge in [-0.05, 0) is 86.3 Å². The molecule has 1 amide bonds. The fourth-order valence-electron chi connectivity index (χ4n) is 6.63. The van der Waals surface area contributed by atoms with Gasteiger partial charge in [0.25, 0.3) is 5.56 Å². The molecule has 1 aromatic carbocycles. The summed E-state index contributed by atoms with van der Waals surface area (Å²) in [6.07, 6.45) is 9.73. The Bertz CT molecular complexity index is 1040. The summed E-state index contributed by atoms with van der Waals surface area (Å²) in [5.74, 6) is 2.52. The molecule has 30 heavy (non-hydrogen) atoms. The highest BCUT2D eigenvalue weighted by Crippen LogP contribution is 2.60. The van der Waals surface area contributed by atoms with E-state index in [1.165, 1.54) is 50.3 Å². The number of amides is 1. The van der Waals surface area contributed by atoms with Gasteiger partial charge in [-0.3, -0.25) is 14.2 Å². The third kappa shape index (κ3) is 3.42. The minimum absolute atomic E-state index is 0.0625. The molecule has 0 aliphatic heterocycles. The van der Waals surface area contributed by atoms with Crippen LogP contribution in [0.5, 0.6) is 0 Å². The lowest BCUT2D eigenvalue weighted by Gasteiger charge is -2.57. The van der Waals surface area contributed by atoms with E-state index in [2.05, 4.69) is 22.4 Å². The van der Waals surface area contributed by atoms with Gasteiger partial charge >= 0.3 is 5.69 Å². The molecule has 4 aliphatic carbocycles. The number of aryl methyl sites for hydroxylation is 1. The van der Waals surface area contributed by atoms with Crippen molar-refractivity contribution in [1.82, 2.24) is 9.55 Å². The number of nitrogens with one attached hydrogen (secondary N) is 2. The van der Waals surface area contributed by atoms with Crippen LogP contribution in [0.4, 0.5) is 5.69 Å². The lowest BCUT2D eigenvalue weighted by atomic mass is 9.48. The first kappa shape index (κ1) is 19.3. The highest BCUT2D eigenvalue weighted by Gasteiger charge is 2.51. The minimum atomic E-state index is -0.488. The first-order chi connectivity index (χ1) is 14.4. The summed E-state index contributed by atoms with van der Waals surface area (Å²) < 4.78 is 1.07. The second kappa shape index (κ2) is 7.25. The number of rotatable bonds is 5. The molecule has 0 radical (unpaired) electrons. The molecule has 0 saturated heterocycles. The molecule has 4 saturated carbocycles. The molecule has 2 aromatic rings. The van der Waals surface area contributed by atoms with Gasteiger partial charge < -0.3 is 10.3 Å². The predicted molar refractivity (Wildman–Crippen MR) is 116 cm³/mol. The van der Waals surface area contributed by atoms with Crippen LogP contribution in [0.1, 0.15) is 56.1 Å². The molecule has 0 atom stereocenters. The van der Waals surface area contributed by atoms with E-state index in [1.54, 1.807) is 6.92 Å². The van der Waals surface area contributed by atoms with Crippen molar-refractivity contribution in [1.29, 1.82) is 0 Å². The van der Waals surface area contributed by atoms with E-state index < -0.39 is 5.69 Å². The summed E-state index contributed by atoms with van der Waals surface area (Å²) in [6.45, 7) is 1.70. The van der Waals surface area contributed by atoms with Crippen LogP contribution in [0.25, 0.3) is 0 Å². The third-order valence-corrected chi connectivity index (χ3v) is 7.62. The van der Waals surface area contributed by atoms with Crippen molar-refractivity contribution in [2.24, 2.45) is 17.8 Å². The van der Waals surface area contributed by atoms with Crippen molar-refractivity contribution >= 4 is 11.6 Å². The van der Waals surface area contributed by atoms with Crippen molar-refractivity contribution in [2.45, 2.75) is 63.8 Å². The molecule has 158 valence electrons. The van der Waals surface area contributed by atoms with Crippen molar-refractivity contribution in [3.05, 3.63) is 62.4 Å². The Morgan fingerprint density at radius 3 is 2.27 bits per heavy atom. The van der Waals surface area contributed by atoms with E-state index in [1.807, 2.05) is 12.1 Å². The van der Waals surface area contributed by atoms with E-state index >= 15 is 0 Å². The number of hydrogen-bond acceptors (Lipinski definition) is 3. The van der Waals surface area contributed by atoms with Crippen molar-refractivity contribution < 1.29 is 4.79 Å². The van der Waals surface area contributed by atoms with Gasteiger partial charge in [-0.15, -0.1) is 0 Å². The average Bonchev–Trinajstić information content (AvgIpc) is 2.70. The Morgan fingerprint density at radius 2 is 1.67 bits per heavy atom. The van der Waals surface area contributed by atoms with Crippen LogP contribution in [-0.2, 0) is 16.8 Å². The summed E-state index contributed by atoms with van der Waals surface area (Å²) in [5, 5.41) is 2.90. The molecule has 0 unspecified atom stereocenters. The molecule has 0 spiro atoms. The fourth-order valence-corrected chi connectivity index (χ4v) is 6.63. The number of H-pyrrole nitrogens is 1. The Labute approximate surface area is 175 Å². The molecule has 1 aromatic heterocycles. The number of hydrogen-bond donors (Lipinski definition) is 2. The molecule has 1 heterocycles.